The van der Waals surface area contributed by atoms with E-state index < -0.39 is 0 Å². The van der Waals surface area contributed by atoms with Crippen LogP contribution in [0.15, 0.2) is 6.07 Å². The lowest BCUT2D eigenvalue weighted by molar-refractivity contribution is -0.130. The molecule has 1 N–H and O–H groups in total. The van der Waals surface area contributed by atoms with Gasteiger partial charge in [-0.15, -0.1) is 0 Å². The summed E-state index contributed by atoms with van der Waals surface area (Å²) in [5.74, 6) is 0.353. The first kappa shape index (κ1) is 16.0. The molecule has 7 nitrogen and oxygen atoms in total. The number of ether oxygens (including phenoxy) is 1. The van der Waals surface area contributed by atoms with Gasteiger partial charge in [0, 0.05) is 33.8 Å². The van der Waals surface area contributed by atoms with Gasteiger partial charge in [0.2, 0.25) is 5.88 Å². The topological polar surface area (TPSA) is 76.5 Å². The van der Waals surface area contributed by atoms with E-state index in [1.54, 1.807) is 21.1 Å². The van der Waals surface area contributed by atoms with Gasteiger partial charge >= 0.3 is 0 Å². The molecule has 7 heteroatoms. The molecule has 1 rings (SSSR count). The van der Waals surface area contributed by atoms with Crippen molar-refractivity contribution in [3.8, 4) is 5.88 Å². The predicted molar refractivity (Wildman–Crippen MR) is 74.6 cm³/mol. The highest BCUT2D eigenvalue weighted by atomic mass is 16.5. The monoisotopic (exact) mass is 282 g/mol. The van der Waals surface area contributed by atoms with E-state index in [1.165, 1.54) is 15.6 Å². The maximum Gasteiger partial charge on any atom is 0.271 e. The number of aromatic nitrogens is 2. The first-order valence-corrected chi connectivity index (χ1v) is 6.46. The minimum absolute atomic E-state index is 0.0837. The molecule has 0 aliphatic carbocycles. The quantitative estimate of drug-likeness (QED) is 0.812. The second-order valence-corrected chi connectivity index (χ2v) is 5.17. The summed E-state index contributed by atoms with van der Waals surface area (Å²) in [6.07, 6.45) is 0. The number of nitrogens with one attached hydrogen (secondary N) is 1. The fraction of sp³-hybridized carbons (Fsp3) is 0.615. The van der Waals surface area contributed by atoms with Crippen LogP contribution in [0.3, 0.4) is 0 Å². The number of rotatable bonds is 6. The highest BCUT2D eigenvalue weighted by Gasteiger charge is 2.15. The maximum atomic E-state index is 11.8. The molecule has 0 unspecified atom stereocenters. The van der Waals surface area contributed by atoms with E-state index in [0.29, 0.717) is 18.3 Å². The Balaban J connectivity index is 2.63. The second-order valence-electron chi connectivity index (χ2n) is 5.17. The van der Waals surface area contributed by atoms with Gasteiger partial charge in [0.1, 0.15) is 0 Å². The molecule has 0 saturated carbocycles. The van der Waals surface area contributed by atoms with E-state index >= 15 is 0 Å². The van der Waals surface area contributed by atoms with E-state index in [-0.39, 0.29) is 24.1 Å². The Hall–Kier alpha value is -2.05. The van der Waals surface area contributed by atoms with Crippen LogP contribution < -0.4 is 10.1 Å². The van der Waals surface area contributed by atoms with E-state index in [4.69, 9.17) is 4.74 Å². The molecule has 0 atom stereocenters. The highest BCUT2D eigenvalue weighted by molar-refractivity contribution is 5.92. The SMILES string of the molecule is CC(C)CNC(=O)c1cc(OCC(=O)N(C)C)n(C)n1. The van der Waals surface area contributed by atoms with Crippen LogP contribution in [-0.2, 0) is 11.8 Å². The van der Waals surface area contributed by atoms with Gasteiger partial charge in [-0.3, -0.25) is 9.59 Å². The molecule has 1 aromatic rings. The third-order valence-corrected chi connectivity index (χ3v) is 2.58. The zero-order valence-electron chi connectivity index (χ0n) is 12.6. The van der Waals surface area contributed by atoms with Crippen molar-refractivity contribution in [2.75, 3.05) is 27.2 Å². The van der Waals surface area contributed by atoms with Gasteiger partial charge in [-0.25, -0.2) is 4.68 Å². The van der Waals surface area contributed by atoms with Crippen molar-refractivity contribution in [3.63, 3.8) is 0 Å². The van der Waals surface area contributed by atoms with Gasteiger partial charge in [0.05, 0.1) is 0 Å². The fourth-order valence-corrected chi connectivity index (χ4v) is 1.35. The lowest BCUT2D eigenvalue weighted by atomic mass is 10.2. The van der Waals surface area contributed by atoms with Gasteiger partial charge in [-0.05, 0) is 5.92 Å². The number of amides is 2. The van der Waals surface area contributed by atoms with Gasteiger partial charge in [-0.1, -0.05) is 13.8 Å². The summed E-state index contributed by atoms with van der Waals surface area (Å²) in [6, 6.07) is 1.53. The average molecular weight is 282 g/mol. The molecule has 0 radical (unpaired) electrons. The van der Waals surface area contributed by atoms with Crippen LogP contribution in [0.1, 0.15) is 24.3 Å². The molecule has 112 valence electrons. The van der Waals surface area contributed by atoms with Crippen LogP contribution in [0.4, 0.5) is 0 Å². The van der Waals surface area contributed by atoms with Crippen LogP contribution >= 0.6 is 0 Å². The summed E-state index contributed by atoms with van der Waals surface area (Å²) in [5.41, 5.74) is 0.278. The molecule has 20 heavy (non-hydrogen) atoms. The Bertz CT molecular complexity index is 480. The Kier molecular flexibility index (Phi) is 5.54. The normalized spacial score (nSPS) is 10.5. The molecule has 1 aromatic heterocycles. The molecule has 2 amide bonds. The summed E-state index contributed by atoms with van der Waals surface area (Å²) < 4.78 is 6.78. The van der Waals surface area contributed by atoms with E-state index in [2.05, 4.69) is 10.4 Å². The minimum atomic E-state index is -0.247. The summed E-state index contributed by atoms with van der Waals surface area (Å²) in [5, 5.41) is 6.84. The van der Waals surface area contributed by atoms with Crippen molar-refractivity contribution in [2.24, 2.45) is 13.0 Å². The van der Waals surface area contributed by atoms with Gasteiger partial charge in [0.15, 0.2) is 12.3 Å². The lowest BCUT2D eigenvalue weighted by Crippen LogP contribution is -2.27. The number of carbonyl (C=O) groups is 2. The maximum absolute atomic E-state index is 11.8. The van der Waals surface area contributed by atoms with Crippen molar-refractivity contribution >= 4 is 11.8 Å². The number of carbonyl (C=O) groups excluding carboxylic acids is 2. The molecule has 0 saturated heterocycles. The predicted octanol–water partition coefficient (Wildman–Crippen LogP) is 0.273. The van der Waals surface area contributed by atoms with Crippen molar-refractivity contribution in [1.29, 1.82) is 0 Å². The second kappa shape index (κ2) is 6.93. The number of hydrogen-bond acceptors (Lipinski definition) is 4. The summed E-state index contributed by atoms with van der Waals surface area (Å²) in [7, 11) is 4.97. The van der Waals surface area contributed by atoms with E-state index in [1.807, 2.05) is 13.8 Å². The Morgan fingerprint density at radius 2 is 2.10 bits per heavy atom. The largest absolute Gasteiger partial charge is 0.468 e. The van der Waals surface area contributed by atoms with Gasteiger partial charge in [-0.2, -0.15) is 5.10 Å². The van der Waals surface area contributed by atoms with Crippen molar-refractivity contribution in [2.45, 2.75) is 13.8 Å². The van der Waals surface area contributed by atoms with Crippen LogP contribution in [-0.4, -0.2) is 53.7 Å². The molecule has 1 heterocycles. The number of likely N-dealkylation sites (N-methyl/N-ethyl adjacent to an activating group) is 1. The Labute approximate surface area is 118 Å². The van der Waals surface area contributed by atoms with Crippen molar-refractivity contribution in [1.82, 2.24) is 20.0 Å². The molecule has 0 aliphatic heterocycles. The molecule has 0 fully saturated rings. The van der Waals surface area contributed by atoms with Crippen LogP contribution in [0.25, 0.3) is 0 Å². The van der Waals surface area contributed by atoms with E-state index in [0.717, 1.165) is 0 Å². The van der Waals surface area contributed by atoms with Crippen LogP contribution in [0, 0.1) is 5.92 Å². The zero-order chi connectivity index (χ0) is 15.3. The summed E-state index contributed by atoms with van der Waals surface area (Å²) in [4.78, 5) is 24.7. The summed E-state index contributed by atoms with van der Waals surface area (Å²) in [6.45, 7) is 4.53. The number of aryl methyl sites for hydroxylation is 1. The Morgan fingerprint density at radius 3 is 2.65 bits per heavy atom. The first-order chi connectivity index (χ1) is 9.31. The number of nitrogens with zero attached hydrogens (tertiary/aromatic N) is 3. The van der Waals surface area contributed by atoms with Crippen LogP contribution in [0.5, 0.6) is 5.88 Å². The highest BCUT2D eigenvalue weighted by Crippen LogP contribution is 2.12. The summed E-state index contributed by atoms with van der Waals surface area (Å²) >= 11 is 0. The van der Waals surface area contributed by atoms with Gasteiger partial charge in [0.25, 0.3) is 11.8 Å². The fourth-order valence-electron chi connectivity index (χ4n) is 1.35. The third kappa shape index (κ3) is 4.56. The molecule has 0 bridgehead atoms. The van der Waals surface area contributed by atoms with E-state index in [9.17, 15) is 9.59 Å². The average Bonchev–Trinajstić information content (AvgIpc) is 2.74. The molecule has 0 aromatic carbocycles. The van der Waals surface area contributed by atoms with Gasteiger partial charge < -0.3 is 15.0 Å². The smallest absolute Gasteiger partial charge is 0.271 e. The number of hydrogen-bond donors (Lipinski definition) is 1. The molecular formula is C13H22N4O3. The first-order valence-electron chi connectivity index (χ1n) is 6.46. The van der Waals surface area contributed by atoms with Crippen molar-refractivity contribution in [3.05, 3.63) is 11.8 Å². The van der Waals surface area contributed by atoms with Crippen molar-refractivity contribution < 1.29 is 14.3 Å². The third-order valence-electron chi connectivity index (χ3n) is 2.58. The minimum Gasteiger partial charge on any atom is -0.468 e. The zero-order valence-corrected chi connectivity index (χ0v) is 12.6. The van der Waals surface area contributed by atoms with Crippen LogP contribution in [0.2, 0.25) is 0 Å². The Morgan fingerprint density at radius 1 is 1.45 bits per heavy atom. The molecular weight excluding hydrogens is 260 g/mol. The standard InChI is InChI=1S/C13H22N4O3/c1-9(2)7-14-13(19)10-6-12(17(5)15-10)20-8-11(18)16(3)4/h6,9H,7-8H2,1-5H3,(H,14,19). The molecule has 0 aliphatic rings. The molecule has 0 spiro atoms. The lowest BCUT2D eigenvalue weighted by Gasteiger charge is -2.10.